The van der Waals surface area contributed by atoms with E-state index in [2.05, 4.69) is 47.1 Å². The van der Waals surface area contributed by atoms with E-state index in [1.54, 1.807) is 0 Å². The molecule has 0 N–H and O–H groups in total. The zero-order valence-corrected chi connectivity index (χ0v) is 20.2. The van der Waals surface area contributed by atoms with Gasteiger partial charge in [-0.2, -0.15) is 0 Å². The van der Waals surface area contributed by atoms with Crippen LogP contribution in [-0.4, -0.2) is 68.1 Å². The van der Waals surface area contributed by atoms with Gasteiger partial charge in [0, 0.05) is 44.0 Å². The molecular weight excluding hydrogens is 410 g/mol. The number of carbonyl (C=O) groups is 1. The number of rotatable bonds is 8. The first-order valence-electron chi connectivity index (χ1n) is 12.8. The molecule has 0 aromatic heterocycles. The Bertz CT molecular complexity index is 877. The summed E-state index contributed by atoms with van der Waals surface area (Å²) >= 11 is 0. The lowest BCUT2D eigenvalue weighted by molar-refractivity contribution is 0.0767. The average molecular weight is 450 g/mol. The molecule has 0 saturated carbocycles. The van der Waals surface area contributed by atoms with Crippen molar-refractivity contribution in [1.29, 1.82) is 0 Å². The number of ether oxygens (including phenoxy) is 1. The first-order chi connectivity index (χ1) is 16.2. The van der Waals surface area contributed by atoms with Crippen LogP contribution in [0.4, 0.5) is 5.69 Å². The zero-order valence-electron chi connectivity index (χ0n) is 20.2. The molecule has 0 unspecified atom stereocenters. The first kappa shape index (κ1) is 23.6. The van der Waals surface area contributed by atoms with Gasteiger partial charge in [0.25, 0.3) is 5.91 Å². The molecule has 0 radical (unpaired) electrons. The first-order valence-corrected chi connectivity index (χ1v) is 12.8. The Labute approximate surface area is 199 Å². The van der Waals surface area contributed by atoms with Crippen molar-refractivity contribution in [3.63, 3.8) is 0 Å². The molecule has 0 aliphatic carbocycles. The van der Waals surface area contributed by atoms with Crippen molar-refractivity contribution in [2.24, 2.45) is 0 Å². The Hall–Kier alpha value is -2.53. The Morgan fingerprint density at radius 2 is 1.70 bits per heavy atom. The number of amides is 1. The van der Waals surface area contributed by atoms with Gasteiger partial charge in [0.2, 0.25) is 0 Å². The summed E-state index contributed by atoms with van der Waals surface area (Å²) in [7, 11) is 0. The number of carbonyl (C=O) groups excluding carboxylic acids is 1. The summed E-state index contributed by atoms with van der Waals surface area (Å²) in [6.07, 6.45) is 7.09. The van der Waals surface area contributed by atoms with Crippen molar-refractivity contribution in [3.8, 4) is 5.75 Å². The standard InChI is InChI=1S/C28H39N3O2/c1-2-24-9-6-10-25(23-24)28(32)31-19-7-18-30(20-21-31)26-11-13-27(14-12-26)33-22-8-17-29-15-4-3-5-16-29/h6,9-14,23H,2-5,7-8,15-22H2,1H3. The van der Waals surface area contributed by atoms with Gasteiger partial charge in [0.1, 0.15) is 5.75 Å². The summed E-state index contributed by atoms with van der Waals surface area (Å²) in [6, 6.07) is 16.5. The molecule has 2 aromatic rings. The molecule has 2 aliphatic heterocycles. The normalized spacial score (nSPS) is 17.6. The van der Waals surface area contributed by atoms with E-state index in [9.17, 15) is 4.79 Å². The van der Waals surface area contributed by atoms with Gasteiger partial charge in [-0.1, -0.05) is 25.5 Å². The van der Waals surface area contributed by atoms with Crippen LogP contribution in [0.15, 0.2) is 48.5 Å². The van der Waals surface area contributed by atoms with Crippen LogP contribution in [0.2, 0.25) is 0 Å². The van der Waals surface area contributed by atoms with Gasteiger partial charge in [0.05, 0.1) is 6.61 Å². The molecule has 4 rings (SSSR count). The van der Waals surface area contributed by atoms with Crippen molar-refractivity contribution >= 4 is 11.6 Å². The molecule has 5 heteroatoms. The molecule has 0 bridgehead atoms. The largest absolute Gasteiger partial charge is 0.494 e. The molecule has 2 fully saturated rings. The Morgan fingerprint density at radius 1 is 0.879 bits per heavy atom. The van der Waals surface area contributed by atoms with Crippen LogP contribution < -0.4 is 9.64 Å². The molecule has 178 valence electrons. The highest BCUT2D eigenvalue weighted by atomic mass is 16.5. The highest BCUT2D eigenvalue weighted by Crippen LogP contribution is 2.22. The fourth-order valence-corrected chi connectivity index (χ4v) is 4.90. The molecule has 0 spiro atoms. The van der Waals surface area contributed by atoms with E-state index in [1.807, 2.05) is 23.1 Å². The Morgan fingerprint density at radius 3 is 2.48 bits per heavy atom. The third-order valence-corrected chi connectivity index (χ3v) is 6.90. The van der Waals surface area contributed by atoms with Crippen molar-refractivity contribution in [2.45, 2.75) is 45.4 Å². The van der Waals surface area contributed by atoms with E-state index in [4.69, 9.17) is 4.74 Å². The summed E-state index contributed by atoms with van der Waals surface area (Å²) in [6.45, 7) is 9.92. The van der Waals surface area contributed by atoms with E-state index in [1.165, 1.54) is 43.6 Å². The van der Waals surface area contributed by atoms with E-state index < -0.39 is 0 Å². The molecule has 5 nitrogen and oxygen atoms in total. The number of anilines is 1. The van der Waals surface area contributed by atoms with E-state index in [0.717, 1.165) is 69.9 Å². The van der Waals surface area contributed by atoms with E-state index in [-0.39, 0.29) is 5.91 Å². The van der Waals surface area contributed by atoms with Crippen LogP contribution in [0.3, 0.4) is 0 Å². The van der Waals surface area contributed by atoms with E-state index in [0.29, 0.717) is 0 Å². The van der Waals surface area contributed by atoms with Crippen LogP contribution in [0.25, 0.3) is 0 Å². The number of nitrogens with zero attached hydrogens (tertiary/aromatic N) is 3. The highest BCUT2D eigenvalue weighted by molar-refractivity contribution is 5.94. The fourth-order valence-electron chi connectivity index (χ4n) is 4.90. The molecule has 2 aromatic carbocycles. The number of likely N-dealkylation sites (tertiary alicyclic amines) is 1. The minimum Gasteiger partial charge on any atom is -0.494 e. The maximum atomic E-state index is 13.0. The van der Waals surface area contributed by atoms with Gasteiger partial charge in [-0.15, -0.1) is 0 Å². The SMILES string of the molecule is CCc1cccc(C(=O)N2CCCN(c3ccc(OCCCN4CCCCC4)cc3)CC2)c1. The van der Waals surface area contributed by atoms with Crippen molar-refractivity contribution in [2.75, 3.05) is 57.3 Å². The van der Waals surface area contributed by atoms with Crippen molar-refractivity contribution in [3.05, 3.63) is 59.7 Å². The van der Waals surface area contributed by atoms with Gasteiger partial charge < -0.3 is 19.4 Å². The van der Waals surface area contributed by atoms with Gasteiger partial charge in [-0.3, -0.25) is 4.79 Å². The molecule has 2 heterocycles. The monoisotopic (exact) mass is 449 g/mol. The minimum absolute atomic E-state index is 0.153. The predicted molar refractivity (Wildman–Crippen MR) is 135 cm³/mol. The van der Waals surface area contributed by atoms with Crippen LogP contribution in [0.5, 0.6) is 5.75 Å². The molecular formula is C28H39N3O2. The summed E-state index contributed by atoms with van der Waals surface area (Å²) in [5, 5.41) is 0. The van der Waals surface area contributed by atoms with Crippen LogP contribution in [0.1, 0.15) is 54.9 Å². The van der Waals surface area contributed by atoms with E-state index >= 15 is 0 Å². The molecule has 2 saturated heterocycles. The van der Waals surface area contributed by atoms with Crippen molar-refractivity contribution in [1.82, 2.24) is 9.80 Å². The Kier molecular flexibility index (Phi) is 8.65. The number of hydrogen-bond acceptors (Lipinski definition) is 4. The second-order valence-corrected chi connectivity index (χ2v) is 9.28. The zero-order chi connectivity index (χ0) is 22.9. The summed E-state index contributed by atoms with van der Waals surface area (Å²) < 4.78 is 5.98. The quantitative estimate of drug-likeness (QED) is 0.540. The maximum absolute atomic E-state index is 13.0. The lowest BCUT2D eigenvalue weighted by Gasteiger charge is -2.26. The van der Waals surface area contributed by atoms with Gasteiger partial charge in [-0.25, -0.2) is 0 Å². The minimum atomic E-state index is 0.153. The lowest BCUT2D eigenvalue weighted by Crippen LogP contribution is -2.35. The fraction of sp³-hybridized carbons (Fsp3) is 0.536. The van der Waals surface area contributed by atoms with Gasteiger partial charge >= 0.3 is 0 Å². The molecule has 2 aliphatic rings. The summed E-state index contributed by atoms with van der Waals surface area (Å²) in [5.41, 5.74) is 3.23. The molecule has 33 heavy (non-hydrogen) atoms. The number of benzene rings is 2. The maximum Gasteiger partial charge on any atom is 0.253 e. The second kappa shape index (κ2) is 12.1. The van der Waals surface area contributed by atoms with Gasteiger partial charge in [-0.05, 0) is 87.2 Å². The van der Waals surface area contributed by atoms with Crippen LogP contribution in [0, 0.1) is 0 Å². The van der Waals surface area contributed by atoms with Gasteiger partial charge in [0.15, 0.2) is 0 Å². The smallest absolute Gasteiger partial charge is 0.253 e. The number of aryl methyl sites for hydroxylation is 1. The Balaban J connectivity index is 1.24. The predicted octanol–water partition coefficient (Wildman–Crippen LogP) is 4.86. The third kappa shape index (κ3) is 6.73. The second-order valence-electron chi connectivity index (χ2n) is 9.28. The highest BCUT2D eigenvalue weighted by Gasteiger charge is 2.20. The summed E-state index contributed by atoms with van der Waals surface area (Å²) in [4.78, 5) is 20.0. The van der Waals surface area contributed by atoms with Crippen LogP contribution in [-0.2, 0) is 6.42 Å². The topological polar surface area (TPSA) is 36.0 Å². The van der Waals surface area contributed by atoms with Crippen molar-refractivity contribution < 1.29 is 9.53 Å². The number of piperidine rings is 1. The molecule has 0 atom stereocenters. The van der Waals surface area contributed by atoms with Crippen LogP contribution >= 0.6 is 0 Å². The number of hydrogen-bond donors (Lipinski definition) is 0. The summed E-state index contributed by atoms with van der Waals surface area (Å²) in [5.74, 6) is 1.10. The lowest BCUT2D eigenvalue weighted by atomic mass is 10.1. The molecule has 1 amide bonds. The third-order valence-electron chi connectivity index (χ3n) is 6.90. The average Bonchev–Trinajstić information content (AvgIpc) is 3.14.